The number of aryl methyl sites for hydroxylation is 1. The summed E-state index contributed by atoms with van der Waals surface area (Å²) in [5, 5.41) is 4.23. The van der Waals surface area contributed by atoms with Crippen molar-refractivity contribution in [3.05, 3.63) is 18.0 Å². The van der Waals surface area contributed by atoms with Crippen molar-refractivity contribution < 1.29 is 0 Å². The second kappa shape index (κ2) is 2.70. The summed E-state index contributed by atoms with van der Waals surface area (Å²) < 4.78 is 4.43. The fraction of sp³-hybridized carbons (Fsp3) is 0.667. The smallest absolute Gasteiger partial charge is 0.0492 e. The van der Waals surface area contributed by atoms with Gasteiger partial charge in [-0.2, -0.15) is 5.10 Å². The Morgan fingerprint density at radius 2 is 2.15 bits per heavy atom. The van der Waals surface area contributed by atoms with E-state index in [2.05, 4.69) is 37.1 Å². The fourth-order valence-electron chi connectivity index (χ4n) is 2.62. The third-order valence-corrected chi connectivity index (χ3v) is 4.14. The lowest BCUT2D eigenvalue weighted by atomic mass is 10.2. The average Bonchev–Trinajstić information content (AvgIpc) is 2.50. The third kappa shape index (κ3) is 1.15. The van der Waals surface area contributed by atoms with Crippen LogP contribution >= 0.6 is 22.9 Å². The summed E-state index contributed by atoms with van der Waals surface area (Å²) in [4.78, 5) is 0. The summed E-state index contributed by atoms with van der Waals surface area (Å²) in [6, 6.07) is 2.17. The maximum Gasteiger partial charge on any atom is 0.0492 e. The fourth-order valence-corrected chi connectivity index (χ4v) is 3.53. The Balaban J connectivity index is 1.82. The minimum Gasteiger partial charge on any atom is -0.272 e. The van der Waals surface area contributed by atoms with Crippen LogP contribution in [0.4, 0.5) is 0 Å². The quantitative estimate of drug-likeness (QED) is 0.576. The molecule has 13 heavy (non-hydrogen) atoms. The van der Waals surface area contributed by atoms with E-state index in [4.69, 9.17) is 0 Å². The summed E-state index contributed by atoms with van der Waals surface area (Å²) >= 11 is 2.43. The molecule has 0 bridgehead atoms. The standard InChI is InChI=1S/C9H12IN3/c1-12-8(2-3-11-12)9-6-4-13(10)5-7(6)9/h2-3,6-7,9H,4-5H2,1H3. The van der Waals surface area contributed by atoms with Gasteiger partial charge in [0.05, 0.1) is 0 Å². The second-order valence-electron chi connectivity index (χ2n) is 4.06. The zero-order valence-corrected chi connectivity index (χ0v) is 9.68. The highest BCUT2D eigenvalue weighted by atomic mass is 127. The Bertz CT molecular complexity index is 323. The first-order chi connectivity index (χ1) is 6.27. The largest absolute Gasteiger partial charge is 0.272 e. The monoisotopic (exact) mass is 289 g/mol. The zero-order valence-electron chi connectivity index (χ0n) is 7.52. The number of rotatable bonds is 1. The van der Waals surface area contributed by atoms with Crippen LogP contribution in [-0.4, -0.2) is 26.0 Å². The van der Waals surface area contributed by atoms with Crippen molar-refractivity contribution in [2.75, 3.05) is 13.1 Å². The van der Waals surface area contributed by atoms with Gasteiger partial charge in [0.25, 0.3) is 0 Å². The summed E-state index contributed by atoms with van der Waals surface area (Å²) in [5.41, 5.74) is 1.43. The molecule has 2 atom stereocenters. The maximum absolute atomic E-state index is 4.23. The van der Waals surface area contributed by atoms with Gasteiger partial charge in [-0.3, -0.25) is 4.68 Å². The van der Waals surface area contributed by atoms with Crippen LogP contribution < -0.4 is 0 Å². The van der Waals surface area contributed by atoms with Crippen LogP contribution in [0.25, 0.3) is 0 Å². The van der Waals surface area contributed by atoms with E-state index >= 15 is 0 Å². The van der Waals surface area contributed by atoms with E-state index < -0.39 is 0 Å². The van der Waals surface area contributed by atoms with Crippen LogP contribution in [0.5, 0.6) is 0 Å². The lowest BCUT2D eigenvalue weighted by Gasteiger charge is -2.10. The van der Waals surface area contributed by atoms with E-state index in [1.54, 1.807) is 0 Å². The Kier molecular flexibility index (Phi) is 1.71. The molecular weight excluding hydrogens is 277 g/mol. The van der Waals surface area contributed by atoms with Crippen LogP contribution in [0.1, 0.15) is 11.6 Å². The van der Waals surface area contributed by atoms with Gasteiger partial charge >= 0.3 is 0 Å². The highest BCUT2D eigenvalue weighted by Gasteiger charge is 2.56. The summed E-state index contributed by atoms with van der Waals surface area (Å²) in [6.07, 6.45) is 1.91. The molecule has 1 saturated carbocycles. The van der Waals surface area contributed by atoms with Crippen LogP contribution in [0.3, 0.4) is 0 Å². The summed E-state index contributed by atoms with van der Waals surface area (Å²) in [5.74, 6) is 2.62. The molecule has 0 spiro atoms. The molecule has 2 heterocycles. The molecule has 0 amide bonds. The predicted molar refractivity (Wildman–Crippen MR) is 58.5 cm³/mol. The Labute approximate surface area is 91.6 Å². The molecule has 0 radical (unpaired) electrons. The molecule has 2 unspecified atom stereocenters. The number of nitrogens with zero attached hydrogens (tertiary/aromatic N) is 3. The molecule has 4 heteroatoms. The molecule has 3 nitrogen and oxygen atoms in total. The molecule has 2 fully saturated rings. The van der Waals surface area contributed by atoms with Gasteiger partial charge in [0.15, 0.2) is 0 Å². The maximum atomic E-state index is 4.23. The van der Waals surface area contributed by atoms with Gasteiger partial charge < -0.3 is 0 Å². The van der Waals surface area contributed by atoms with Crippen molar-refractivity contribution in [1.82, 2.24) is 12.9 Å². The van der Waals surface area contributed by atoms with E-state index in [1.165, 1.54) is 18.8 Å². The van der Waals surface area contributed by atoms with Crippen molar-refractivity contribution in [3.63, 3.8) is 0 Å². The lowest BCUT2D eigenvalue weighted by molar-refractivity contribution is 0.521. The Hall–Kier alpha value is -0.100. The van der Waals surface area contributed by atoms with E-state index in [0.29, 0.717) is 0 Å². The highest BCUT2D eigenvalue weighted by Crippen LogP contribution is 2.58. The Morgan fingerprint density at radius 1 is 1.46 bits per heavy atom. The third-order valence-electron chi connectivity index (χ3n) is 3.35. The highest BCUT2D eigenvalue weighted by molar-refractivity contribution is 14.1. The zero-order chi connectivity index (χ0) is 9.00. The predicted octanol–water partition coefficient (Wildman–Crippen LogP) is 1.42. The van der Waals surface area contributed by atoms with E-state index in [1.807, 2.05) is 17.9 Å². The van der Waals surface area contributed by atoms with E-state index in [0.717, 1.165) is 17.8 Å². The number of piperidine rings is 1. The van der Waals surface area contributed by atoms with Gasteiger partial charge in [-0.15, -0.1) is 0 Å². The van der Waals surface area contributed by atoms with Gasteiger partial charge in [-0.25, -0.2) is 3.11 Å². The number of aromatic nitrogens is 2. The first-order valence-electron chi connectivity index (χ1n) is 4.66. The van der Waals surface area contributed by atoms with Crippen LogP contribution in [0.2, 0.25) is 0 Å². The number of halogens is 1. The minimum atomic E-state index is 0.804. The van der Waals surface area contributed by atoms with E-state index in [-0.39, 0.29) is 0 Å². The van der Waals surface area contributed by atoms with Gasteiger partial charge in [0.2, 0.25) is 0 Å². The second-order valence-corrected chi connectivity index (χ2v) is 5.43. The van der Waals surface area contributed by atoms with Gasteiger partial charge in [0, 0.05) is 60.8 Å². The normalized spacial score (nSPS) is 37.8. The molecule has 3 rings (SSSR count). The first-order valence-corrected chi connectivity index (χ1v) is 5.62. The lowest BCUT2D eigenvalue weighted by Crippen LogP contribution is -2.13. The number of fused-ring (bicyclic) bond motifs is 1. The van der Waals surface area contributed by atoms with Crippen molar-refractivity contribution >= 4 is 22.9 Å². The SMILES string of the molecule is Cn1nccc1C1C2CN(I)CC21. The molecule has 0 aromatic carbocycles. The number of hydrogen-bond donors (Lipinski definition) is 0. The molecule has 0 N–H and O–H groups in total. The molecule has 2 aliphatic rings. The topological polar surface area (TPSA) is 21.1 Å². The summed E-state index contributed by atoms with van der Waals surface area (Å²) in [6.45, 7) is 2.53. The van der Waals surface area contributed by atoms with Crippen molar-refractivity contribution in [2.45, 2.75) is 5.92 Å². The Morgan fingerprint density at radius 3 is 2.69 bits per heavy atom. The summed E-state index contributed by atoms with van der Waals surface area (Å²) in [7, 11) is 2.05. The van der Waals surface area contributed by atoms with Crippen LogP contribution in [0.15, 0.2) is 12.3 Å². The number of hydrogen-bond acceptors (Lipinski definition) is 2. The van der Waals surface area contributed by atoms with E-state index in [9.17, 15) is 0 Å². The van der Waals surface area contributed by atoms with Crippen molar-refractivity contribution in [1.29, 1.82) is 0 Å². The van der Waals surface area contributed by atoms with Crippen LogP contribution in [-0.2, 0) is 7.05 Å². The van der Waals surface area contributed by atoms with Gasteiger partial charge in [-0.1, -0.05) is 0 Å². The van der Waals surface area contributed by atoms with Gasteiger partial charge in [-0.05, 0) is 17.9 Å². The molecule has 1 aliphatic carbocycles. The molecule has 1 aliphatic heterocycles. The first kappa shape index (κ1) is 8.23. The molecular formula is C9H12IN3. The van der Waals surface area contributed by atoms with Crippen LogP contribution in [0, 0.1) is 11.8 Å². The minimum absolute atomic E-state index is 0.804. The van der Waals surface area contributed by atoms with Gasteiger partial charge in [0.1, 0.15) is 0 Å². The molecule has 1 aromatic rings. The van der Waals surface area contributed by atoms with Crippen molar-refractivity contribution in [2.24, 2.45) is 18.9 Å². The molecule has 1 saturated heterocycles. The van der Waals surface area contributed by atoms with Crippen molar-refractivity contribution in [3.8, 4) is 0 Å². The molecule has 70 valence electrons. The molecule has 1 aromatic heterocycles. The average molecular weight is 289 g/mol.